The lowest BCUT2D eigenvalue weighted by atomic mass is 9.92. The standard InChI is InChI=1S/C23H38N6O4S.H2O/c1-15-8-10-29(19(12-15)22(30)31)14-18(6-4-9-26-23(24)25)28-34(32,33)20-7-3-5-17-11-16(2)13-27-21(17)20;/h3,5,7,15-16,18-19,27-28H,4,6,8-14H2,1-2H3,(H,30,31)(H4,24,25,26);1H2/t15-,16?,18+,19-;/m1./s1. The van der Waals surface area contributed by atoms with Gasteiger partial charge in [-0.3, -0.25) is 15.1 Å². The summed E-state index contributed by atoms with van der Waals surface area (Å²) < 4.78 is 29.8. The number of hydrogen-bond donors (Lipinski definition) is 6. The minimum Gasteiger partial charge on any atom is -0.480 e. The second-order valence-electron chi connectivity index (χ2n) is 9.76. The molecule has 0 amide bonds. The maximum atomic E-state index is 13.5. The summed E-state index contributed by atoms with van der Waals surface area (Å²) >= 11 is 0. The molecule has 1 unspecified atom stereocenters. The highest BCUT2D eigenvalue weighted by atomic mass is 32.2. The van der Waals surface area contributed by atoms with Gasteiger partial charge in [0.05, 0.1) is 5.69 Å². The highest BCUT2D eigenvalue weighted by Gasteiger charge is 2.34. The van der Waals surface area contributed by atoms with Gasteiger partial charge in [0.15, 0.2) is 5.96 Å². The number of carboxylic acid groups (broad SMARTS) is 1. The molecule has 0 saturated carbocycles. The van der Waals surface area contributed by atoms with E-state index in [1.54, 1.807) is 12.1 Å². The van der Waals surface area contributed by atoms with Crippen molar-refractivity contribution in [1.29, 1.82) is 5.41 Å². The number of benzene rings is 1. The van der Waals surface area contributed by atoms with Crippen LogP contribution in [0.25, 0.3) is 0 Å². The number of anilines is 1. The van der Waals surface area contributed by atoms with Crippen molar-refractivity contribution in [2.24, 2.45) is 17.6 Å². The summed E-state index contributed by atoms with van der Waals surface area (Å²) in [4.78, 5) is 14.0. The van der Waals surface area contributed by atoms with Crippen LogP contribution in [0.4, 0.5) is 5.69 Å². The van der Waals surface area contributed by atoms with Crippen LogP contribution in [0.2, 0.25) is 0 Å². The number of fused-ring (bicyclic) bond motifs is 1. The van der Waals surface area contributed by atoms with Gasteiger partial charge in [0.1, 0.15) is 10.9 Å². The first-order chi connectivity index (χ1) is 16.1. The third-order valence-corrected chi connectivity index (χ3v) is 8.24. The molecule has 2 aliphatic heterocycles. The van der Waals surface area contributed by atoms with Crippen molar-refractivity contribution in [2.75, 3.05) is 31.5 Å². The molecule has 1 saturated heterocycles. The first-order valence-electron chi connectivity index (χ1n) is 12.0. The molecule has 0 aromatic heterocycles. The number of carboxylic acids is 1. The lowest BCUT2D eigenvalue weighted by Crippen LogP contribution is -2.52. The van der Waals surface area contributed by atoms with Gasteiger partial charge in [-0.05, 0) is 62.1 Å². The Kier molecular flexibility index (Phi) is 10.3. The smallest absolute Gasteiger partial charge is 0.320 e. The number of para-hydroxylation sites is 1. The monoisotopic (exact) mass is 512 g/mol. The van der Waals surface area contributed by atoms with Gasteiger partial charge in [0.25, 0.3) is 0 Å². The van der Waals surface area contributed by atoms with E-state index in [-0.39, 0.29) is 16.3 Å². The van der Waals surface area contributed by atoms with Crippen LogP contribution in [0.1, 0.15) is 45.1 Å². The molecule has 198 valence electrons. The molecule has 1 fully saturated rings. The average molecular weight is 513 g/mol. The average Bonchev–Trinajstić information content (AvgIpc) is 2.76. The minimum atomic E-state index is -3.85. The second-order valence-corrected chi connectivity index (χ2v) is 11.4. The molecule has 2 heterocycles. The zero-order valence-corrected chi connectivity index (χ0v) is 21.3. The zero-order chi connectivity index (χ0) is 24.9. The number of aliphatic carboxylic acids is 1. The third-order valence-electron chi connectivity index (χ3n) is 6.68. The van der Waals surface area contributed by atoms with E-state index in [4.69, 9.17) is 11.1 Å². The molecule has 12 heteroatoms. The lowest BCUT2D eigenvalue weighted by molar-refractivity contribution is -0.145. The van der Waals surface area contributed by atoms with Crippen LogP contribution < -0.4 is 21.1 Å². The van der Waals surface area contributed by atoms with Crippen molar-refractivity contribution in [2.45, 2.75) is 62.9 Å². The van der Waals surface area contributed by atoms with Crippen LogP contribution in [-0.4, -0.2) is 74.1 Å². The van der Waals surface area contributed by atoms with Crippen LogP contribution in [0.3, 0.4) is 0 Å². The first-order valence-corrected chi connectivity index (χ1v) is 13.5. The normalized spacial score (nSPS) is 23.3. The largest absolute Gasteiger partial charge is 0.480 e. The van der Waals surface area contributed by atoms with Gasteiger partial charge >= 0.3 is 5.97 Å². The van der Waals surface area contributed by atoms with Crippen LogP contribution in [0.15, 0.2) is 23.1 Å². The number of rotatable bonds is 10. The molecular formula is C23H40N6O5S. The van der Waals surface area contributed by atoms with Crippen molar-refractivity contribution < 1.29 is 23.8 Å². The van der Waals surface area contributed by atoms with Gasteiger partial charge in [-0.2, -0.15) is 0 Å². The van der Waals surface area contributed by atoms with Crippen molar-refractivity contribution in [3.05, 3.63) is 23.8 Å². The Morgan fingerprint density at radius 1 is 1.34 bits per heavy atom. The fourth-order valence-corrected chi connectivity index (χ4v) is 6.37. The molecule has 9 N–H and O–H groups in total. The van der Waals surface area contributed by atoms with E-state index in [9.17, 15) is 18.3 Å². The van der Waals surface area contributed by atoms with E-state index in [0.29, 0.717) is 63.0 Å². The van der Waals surface area contributed by atoms with Gasteiger partial charge in [-0.15, -0.1) is 0 Å². The number of guanidine groups is 1. The quantitative estimate of drug-likeness (QED) is 0.149. The van der Waals surface area contributed by atoms with Crippen LogP contribution in [0.5, 0.6) is 0 Å². The number of nitrogens with two attached hydrogens (primary N) is 1. The Bertz CT molecular complexity index is 989. The summed E-state index contributed by atoms with van der Waals surface area (Å²) in [5.41, 5.74) is 6.99. The number of sulfonamides is 1. The summed E-state index contributed by atoms with van der Waals surface area (Å²) in [6.45, 7) is 6.25. The summed E-state index contributed by atoms with van der Waals surface area (Å²) in [5, 5.41) is 23.1. The van der Waals surface area contributed by atoms with Gasteiger partial charge < -0.3 is 26.9 Å². The van der Waals surface area contributed by atoms with Crippen LogP contribution >= 0.6 is 0 Å². The number of nitrogens with zero attached hydrogens (tertiary/aromatic N) is 1. The third kappa shape index (κ3) is 7.79. The molecule has 2 aliphatic rings. The fraction of sp³-hybridized carbons (Fsp3) is 0.652. The van der Waals surface area contributed by atoms with Crippen molar-refractivity contribution in [3.63, 3.8) is 0 Å². The summed E-state index contributed by atoms with van der Waals surface area (Å²) in [6, 6.07) is 4.23. The second kappa shape index (κ2) is 12.5. The summed E-state index contributed by atoms with van der Waals surface area (Å²) in [6.07, 6.45) is 3.31. The Morgan fingerprint density at radius 3 is 2.77 bits per heavy atom. The van der Waals surface area contributed by atoms with E-state index in [1.165, 1.54) is 0 Å². The fourth-order valence-electron chi connectivity index (χ4n) is 4.89. The molecule has 3 rings (SSSR count). The first kappa shape index (κ1) is 28.8. The topological polar surface area (TPSA) is 192 Å². The van der Waals surface area contributed by atoms with E-state index < -0.39 is 28.1 Å². The van der Waals surface area contributed by atoms with Crippen molar-refractivity contribution in [1.82, 2.24) is 14.9 Å². The summed E-state index contributed by atoms with van der Waals surface area (Å²) in [7, 11) is -3.85. The Balaban J connectivity index is 0.00000432. The minimum absolute atomic E-state index is 0. The predicted octanol–water partition coefficient (Wildman–Crippen LogP) is 0.561. The Morgan fingerprint density at radius 2 is 2.09 bits per heavy atom. The molecule has 0 spiro atoms. The number of hydrogen-bond acceptors (Lipinski definition) is 6. The maximum Gasteiger partial charge on any atom is 0.320 e. The van der Waals surface area contributed by atoms with E-state index in [1.807, 2.05) is 17.9 Å². The Labute approximate surface area is 207 Å². The van der Waals surface area contributed by atoms with Crippen LogP contribution in [-0.2, 0) is 21.2 Å². The molecule has 4 atom stereocenters. The van der Waals surface area contributed by atoms with E-state index in [2.05, 4.69) is 22.3 Å². The van der Waals surface area contributed by atoms with E-state index in [0.717, 1.165) is 18.4 Å². The van der Waals surface area contributed by atoms with Gasteiger partial charge in [0, 0.05) is 25.7 Å². The lowest BCUT2D eigenvalue weighted by Gasteiger charge is -2.38. The molecule has 1 aromatic rings. The summed E-state index contributed by atoms with van der Waals surface area (Å²) in [5.74, 6) is -0.267. The predicted molar refractivity (Wildman–Crippen MR) is 136 cm³/mol. The Hall–Kier alpha value is -2.41. The van der Waals surface area contributed by atoms with Gasteiger partial charge in [-0.1, -0.05) is 26.0 Å². The SMILES string of the molecule is CC1CNc2c(cccc2S(=O)(=O)N[C@@H](CCCNC(=N)N)CN2CC[C@@H](C)C[C@@H]2C(=O)O)C1.O. The molecule has 0 bridgehead atoms. The highest BCUT2D eigenvalue weighted by Crippen LogP contribution is 2.31. The molecule has 0 aliphatic carbocycles. The molecular weight excluding hydrogens is 472 g/mol. The van der Waals surface area contributed by atoms with E-state index >= 15 is 0 Å². The molecule has 35 heavy (non-hydrogen) atoms. The molecule has 1 aromatic carbocycles. The van der Waals surface area contributed by atoms with Gasteiger partial charge in [0.2, 0.25) is 10.0 Å². The zero-order valence-electron chi connectivity index (χ0n) is 20.5. The van der Waals surface area contributed by atoms with Gasteiger partial charge in [-0.25, -0.2) is 13.1 Å². The number of nitrogens with one attached hydrogen (secondary N) is 4. The maximum absolute atomic E-state index is 13.5. The molecule has 11 nitrogen and oxygen atoms in total. The highest BCUT2D eigenvalue weighted by molar-refractivity contribution is 7.89. The van der Waals surface area contributed by atoms with Crippen molar-refractivity contribution in [3.8, 4) is 0 Å². The number of carbonyl (C=O) groups is 1. The number of piperidine rings is 1. The van der Waals surface area contributed by atoms with Crippen LogP contribution in [0, 0.1) is 17.2 Å². The number of likely N-dealkylation sites (tertiary alicyclic amines) is 1. The van der Waals surface area contributed by atoms with Crippen molar-refractivity contribution >= 4 is 27.6 Å². The molecule has 0 radical (unpaired) electrons.